The normalized spacial score (nSPS) is 17.9. The zero-order valence-electron chi connectivity index (χ0n) is 9.35. The molecule has 1 unspecified atom stereocenters. The maximum Gasteiger partial charge on any atom is 0.150 e. The number of benzene rings is 1. The first kappa shape index (κ1) is 10.9. The minimum atomic E-state index is 0.336. The van der Waals surface area contributed by atoms with E-state index < -0.39 is 0 Å². The summed E-state index contributed by atoms with van der Waals surface area (Å²) in [4.78, 5) is 12.9. The summed E-state index contributed by atoms with van der Waals surface area (Å²) in [6.45, 7) is 5.44. The van der Waals surface area contributed by atoms with Gasteiger partial charge in [-0.3, -0.25) is 4.79 Å². The molecule has 2 rings (SSSR count). The van der Waals surface area contributed by atoms with Gasteiger partial charge in [0.15, 0.2) is 0 Å². The van der Waals surface area contributed by atoms with Gasteiger partial charge in [0.05, 0.1) is 12.7 Å². The lowest BCUT2D eigenvalue weighted by atomic mass is 10.1. The molecule has 84 valence electrons. The molecule has 1 atom stereocenters. The van der Waals surface area contributed by atoms with Crippen molar-refractivity contribution in [1.29, 1.82) is 0 Å². The molecule has 0 spiro atoms. The van der Waals surface area contributed by atoms with E-state index in [1.165, 1.54) is 0 Å². The Labute approximate surface area is 95.3 Å². The third-order valence-electron chi connectivity index (χ3n) is 2.68. The molecule has 16 heavy (non-hydrogen) atoms. The summed E-state index contributed by atoms with van der Waals surface area (Å²) >= 11 is 0. The summed E-state index contributed by atoms with van der Waals surface area (Å²) in [5.41, 5.74) is 2.43. The number of hydrogen-bond donors (Lipinski definition) is 0. The van der Waals surface area contributed by atoms with Crippen molar-refractivity contribution in [3.05, 3.63) is 36.4 Å². The van der Waals surface area contributed by atoms with Crippen LogP contribution in [0.2, 0.25) is 0 Å². The minimum Gasteiger partial charge on any atom is -0.371 e. The quantitative estimate of drug-likeness (QED) is 0.428. The average molecular weight is 217 g/mol. The fraction of sp³-hybridized carbons (Fsp3) is 0.308. The van der Waals surface area contributed by atoms with Crippen molar-refractivity contribution in [3.63, 3.8) is 0 Å². The minimum absolute atomic E-state index is 0.336. The summed E-state index contributed by atoms with van der Waals surface area (Å²) in [5.74, 6) is 0. The standard InChI is InChI=1S/C13H15NO2/c1-10(8-15)12-5-3-4-6-13(12)14(2)7-11-9-16-11/h3-6,8,11H,1,7,9H2,2H3. The number of aldehydes is 1. The van der Waals surface area contributed by atoms with Gasteiger partial charge in [-0.25, -0.2) is 0 Å². The van der Waals surface area contributed by atoms with Crippen LogP contribution in [0, 0.1) is 0 Å². The Morgan fingerprint density at radius 3 is 2.94 bits per heavy atom. The smallest absolute Gasteiger partial charge is 0.150 e. The number of anilines is 1. The van der Waals surface area contributed by atoms with Gasteiger partial charge in [0, 0.05) is 30.4 Å². The Balaban J connectivity index is 2.23. The molecule has 0 saturated carbocycles. The third-order valence-corrected chi connectivity index (χ3v) is 2.68. The molecule has 0 aromatic heterocycles. The van der Waals surface area contributed by atoms with E-state index >= 15 is 0 Å². The van der Waals surface area contributed by atoms with Gasteiger partial charge < -0.3 is 9.64 Å². The molecular weight excluding hydrogens is 202 g/mol. The molecule has 3 heteroatoms. The van der Waals surface area contributed by atoms with E-state index in [1.54, 1.807) is 0 Å². The molecule has 0 bridgehead atoms. The number of carbonyl (C=O) groups is 1. The van der Waals surface area contributed by atoms with Crippen LogP contribution in [0.1, 0.15) is 5.56 Å². The van der Waals surface area contributed by atoms with Gasteiger partial charge in [0.1, 0.15) is 6.29 Å². The number of nitrogens with zero attached hydrogens (tertiary/aromatic N) is 1. The Kier molecular flexibility index (Phi) is 3.06. The Bertz CT molecular complexity index is 410. The van der Waals surface area contributed by atoms with Crippen LogP contribution in [0.4, 0.5) is 5.69 Å². The van der Waals surface area contributed by atoms with Gasteiger partial charge in [-0.2, -0.15) is 0 Å². The number of epoxide rings is 1. The van der Waals surface area contributed by atoms with Crippen LogP contribution in [-0.2, 0) is 9.53 Å². The molecule has 3 nitrogen and oxygen atoms in total. The number of ether oxygens (including phenoxy) is 1. The van der Waals surface area contributed by atoms with E-state index in [4.69, 9.17) is 4.74 Å². The van der Waals surface area contributed by atoms with Crippen molar-refractivity contribution in [3.8, 4) is 0 Å². The second-order valence-corrected chi connectivity index (χ2v) is 4.00. The third kappa shape index (κ3) is 2.31. The highest BCUT2D eigenvalue weighted by molar-refractivity contribution is 6.08. The number of carbonyl (C=O) groups excluding carboxylic acids is 1. The lowest BCUT2D eigenvalue weighted by Crippen LogP contribution is -2.23. The largest absolute Gasteiger partial charge is 0.371 e. The Morgan fingerprint density at radius 2 is 2.31 bits per heavy atom. The average Bonchev–Trinajstić information content (AvgIpc) is 3.12. The summed E-state index contributed by atoms with van der Waals surface area (Å²) < 4.78 is 5.19. The van der Waals surface area contributed by atoms with Crippen LogP contribution in [0.25, 0.3) is 5.57 Å². The number of allylic oxidation sites excluding steroid dienone is 1. The number of likely N-dealkylation sites (N-methyl/N-ethyl adjacent to an activating group) is 1. The fourth-order valence-corrected chi connectivity index (χ4v) is 1.72. The molecule has 1 saturated heterocycles. The van der Waals surface area contributed by atoms with Crippen molar-refractivity contribution in [2.75, 3.05) is 25.1 Å². The monoisotopic (exact) mass is 217 g/mol. The van der Waals surface area contributed by atoms with Crippen LogP contribution in [-0.4, -0.2) is 32.6 Å². The molecule has 1 fully saturated rings. The van der Waals surface area contributed by atoms with Crippen molar-refractivity contribution in [1.82, 2.24) is 0 Å². The molecule has 1 heterocycles. The zero-order chi connectivity index (χ0) is 11.5. The Morgan fingerprint density at radius 1 is 1.62 bits per heavy atom. The summed E-state index contributed by atoms with van der Waals surface area (Å²) in [6.07, 6.45) is 1.13. The molecule has 1 aliphatic heterocycles. The van der Waals surface area contributed by atoms with E-state index in [2.05, 4.69) is 11.5 Å². The van der Waals surface area contributed by atoms with E-state index in [0.29, 0.717) is 11.7 Å². The summed E-state index contributed by atoms with van der Waals surface area (Å²) in [6, 6.07) is 7.78. The first-order valence-corrected chi connectivity index (χ1v) is 5.28. The molecule has 0 N–H and O–H groups in total. The highest BCUT2D eigenvalue weighted by Crippen LogP contribution is 2.25. The zero-order valence-corrected chi connectivity index (χ0v) is 9.35. The van der Waals surface area contributed by atoms with Gasteiger partial charge in [-0.1, -0.05) is 24.8 Å². The SMILES string of the molecule is C=C(C=O)c1ccccc1N(C)CC1CO1. The van der Waals surface area contributed by atoms with Crippen LogP contribution < -0.4 is 4.90 Å². The van der Waals surface area contributed by atoms with Gasteiger partial charge in [-0.05, 0) is 6.07 Å². The lowest BCUT2D eigenvalue weighted by Gasteiger charge is -2.21. The first-order chi connectivity index (χ1) is 7.72. The molecule has 1 aromatic rings. The highest BCUT2D eigenvalue weighted by Gasteiger charge is 2.24. The van der Waals surface area contributed by atoms with Gasteiger partial charge in [0.25, 0.3) is 0 Å². The van der Waals surface area contributed by atoms with Gasteiger partial charge in [0.2, 0.25) is 0 Å². The van der Waals surface area contributed by atoms with Crippen molar-refractivity contribution in [2.24, 2.45) is 0 Å². The molecule has 0 aliphatic carbocycles. The summed E-state index contributed by atoms with van der Waals surface area (Å²) in [5, 5.41) is 0. The van der Waals surface area contributed by atoms with E-state index in [-0.39, 0.29) is 0 Å². The van der Waals surface area contributed by atoms with Crippen molar-refractivity contribution < 1.29 is 9.53 Å². The summed E-state index contributed by atoms with van der Waals surface area (Å²) in [7, 11) is 2.00. The number of hydrogen-bond acceptors (Lipinski definition) is 3. The number of rotatable bonds is 5. The van der Waals surface area contributed by atoms with Crippen LogP contribution in [0.5, 0.6) is 0 Å². The molecule has 1 aliphatic rings. The Hall–Kier alpha value is -1.61. The van der Waals surface area contributed by atoms with Crippen LogP contribution in [0.3, 0.4) is 0 Å². The molecule has 1 aromatic carbocycles. The van der Waals surface area contributed by atoms with E-state index in [1.807, 2.05) is 31.3 Å². The second kappa shape index (κ2) is 4.49. The predicted octanol–water partition coefficient (Wildman–Crippen LogP) is 1.73. The fourth-order valence-electron chi connectivity index (χ4n) is 1.72. The maximum atomic E-state index is 10.8. The molecule has 0 amide bonds. The second-order valence-electron chi connectivity index (χ2n) is 4.00. The maximum absolute atomic E-state index is 10.8. The van der Waals surface area contributed by atoms with Crippen molar-refractivity contribution >= 4 is 17.5 Å². The number of para-hydroxylation sites is 1. The molecular formula is C13H15NO2. The first-order valence-electron chi connectivity index (χ1n) is 5.28. The van der Waals surface area contributed by atoms with Gasteiger partial charge >= 0.3 is 0 Å². The molecule has 0 radical (unpaired) electrons. The predicted molar refractivity (Wildman–Crippen MR) is 64.6 cm³/mol. The van der Waals surface area contributed by atoms with E-state index in [9.17, 15) is 4.79 Å². The van der Waals surface area contributed by atoms with Crippen LogP contribution in [0.15, 0.2) is 30.8 Å². The van der Waals surface area contributed by atoms with Gasteiger partial charge in [-0.15, -0.1) is 0 Å². The van der Waals surface area contributed by atoms with Crippen LogP contribution >= 0.6 is 0 Å². The lowest BCUT2D eigenvalue weighted by molar-refractivity contribution is -0.103. The topological polar surface area (TPSA) is 32.8 Å². The highest BCUT2D eigenvalue weighted by atomic mass is 16.6. The van der Waals surface area contributed by atoms with E-state index in [0.717, 1.165) is 30.7 Å². The van der Waals surface area contributed by atoms with Crippen molar-refractivity contribution in [2.45, 2.75) is 6.10 Å².